The third-order valence-corrected chi connectivity index (χ3v) is 3.27. The largest absolute Gasteiger partial charge is 0.352 e. The molecule has 1 heterocycles. The van der Waals surface area contributed by atoms with E-state index >= 15 is 0 Å². The maximum Gasteiger partial charge on any atom is 0.118 e. The minimum atomic E-state index is 0.324. The van der Waals surface area contributed by atoms with Crippen molar-refractivity contribution in [3.63, 3.8) is 0 Å². The molecule has 1 fully saturated rings. The van der Waals surface area contributed by atoms with Crippen LogP contribution in [0.1, 0.15) is 32.6 Å². The van der Waals surface area contributed by atoms with Gasteiger partial charge in [0.2, 0.25) is 0 Å². The van der Waals surface area contributed by atoms with Crippen molar-refractivity contribution in [2.75, 3.05) is 0 Å². The summed E-state index contributed by atoms with van der Waals surface area (Å²) in [6.07, 6.45) is 9.83. The van der Waals surface area contributed by atoms with Gasteiger partial charge in [-0.05, 0) is 35.7 Å². The van der Waals surface area contributed by atoms with E-state index in [0.29, 0.717) is 6.17 Å². The Labute approximate surface area is 87.8 Å². The SMILES string of the molecule is CC1N=CC(Br)=CN1C1CCCC1. The van der Waals surface area contributed by atoms with Crippen LogP contribution < -0.4 is 0 Å². The molecular weight excluding hydrogens is 228 g/mol. The molecule has 0 N–H and O–H groups in total. The molecule has 0 spiro atoms. The zero-order valence-electron chi connectivity index (χ0n) is 7.91. The fraction of sp³-hybridized carbons (Fsp3) is 0.700. The average Bonchev–Trinajstić information content (AvgIpc) is 2.61. The monoisotopic (exact) mass is 242 g/mol. The van der Waals surface area contributed by atoms with Gasteiger partial charge in [0.05, 0.1) is 4.48 Å². The fourth-order valence-corrected chi connectivity index (χ4v) is 2.51. The van der Waals surface area contributed by atoms with Gasteiger partial charge >= 0.3 is 0 Å². The first kappa shape index (κ1) is 9.25. The first-order chi connectivity index (χ1) is 6.27. The molecule has 2 rings (SSSR count). The molecule has 2 nitrogen and oxygen atoms in total. The number of allylic oxidation sites excluding steroid dienone is 1. The van der Waals surface area contributed by atoms with Gasteiger partial charge < -0.3 is 4.90 Å². The highest BCUT2D eigenvalue weighted by atomic mass is 79.9. The summed E-state index contributed by atoms with van der Waals surface area (Å²) in [4.78, 5) is 6.81. The van der Waals surface area contributed by atoms with Crippen molar-refractivity contribution in [1.82, 2.24) is 4.90 Å². The predicted molar refractivity (Wildman–Crippen MR) is 59.1 cm³/mol. The van der Waals surface area contributed by atoms with E-state index in [-0.39, 0.29) is 0 Å². The lowest BCUT2D eigenvalue weighted by Gasteiger charge is -2.33. The molecule has 72 valence electrons. The van der Waals surface area contributed by atoms with Gasteiger partial charge in [-0.3, -0.25) is 4.99 Å². The van der Waals surface area contributed by atoms with Crippen molar-refractivity contribution in [3.05, 3.63) is 10.7 Å². The molecule has 0 saturated heterocycles. The van der Waals surface area contributed by atoms with Crippen LogP contribution in [0.25, 0.3) is 0 Å². The minimum absolute atomic E-state index is 0.324. The Morgan fingerprint density at radius 2 is 2.15 bits per heavy atom. The van der Waals surface area contributed by atoms with Gasteiger partial charge in [-0.1, -0.05) is 12.8 Å². The van der Waals surface area contributed by atoms with E-state index in [0.717, 1.165) is 10.5 Å². The molecule has 1 unspecified atom stereocenters. The summed E-state index contributed by atoms with van der Waals surface area (Å²) >= 11 is 3.47. The number of aliphatic imine (C=N–C) groups is 1. The minimum Gasteiger partial charge on any atom is -0.352 e. The lowest BCUT2D eigenvalue weighted by Crippen LogP contribution is -2.36. The Kier molecular flexibility index (Phi) is 2.72. The zero-order chi connectivity index (χ0) is 9.26. The Morgan fingerprint density at radius 1 is 1.46 bits per heavy atom. The van der Waals surface area contributed by atoms with E-state index in [1.54, 1.807) is 0 Å². The Balaban J connectivity index is 2.08. The van der Waals surface area contributed by atoms with E-state index in [9.17, 15) is 0 Å². The Hall–Kier alpha value is -0.310. The van der Waals surface area contributed by atoms with Crippen LogP contribution in [0.15, 0.2) is 15.7 Å². The van der Waals surface area contributed by atoms with Crippen LogP contribution in [0.3, 0.4) is 0 Å². The van der Waals surface area contributed by atoms with Crippen LogP contribution in [0.2, 0.25) is 0 Å². The molecule has 3 heteroatoms. The Bertz CT molecular complexity index is 241. The molecule has 13 heavy (non-hydrogen) atoms. The van der Waals surface area contributed by atoms with Crippen molar-refractivity contribution in [1.29, 1.82) is 0 Å². The average molecular weight is 243 g/mol. The second-order valence-corrected chi connectivity index (χ2v) is 4.73. The normalized spacial score (nSPS) is 29.5. The number of hydrogen-bond donors (Lipinski definition) is 0. The Morgan fingerprint density at radius 3 is 2.85 bits per heavy atom. The van der Waals surface area contributed by atoms with Gasteiger partial charge in [-0.15, -0.1) is 0 Å². The fourth-order valence-electron chi connectivity index (χ4n) is 2.15. The summed E-state index contributed by atoms with van der Waals surface area (Å²) < 4.78 is 1.09. The third kappa shape index (κ3) is 1.96. The van der Waals surface area contributed by atoms with E-state index in [1.807, 2.05) is 6.21 Å². The second kappa shape index (κ2) is 3.82. The number of halogens is 1. The third-order valence-electron chi connectivity index (χ3n) is 2.86. The topological polar surface area (TPSA) is 15.6 Å². The molecule has 1 aliphatic heterocycles. The molecule has 0 bridgehead atoms. The standard InChI is InChI=1S/C10H15BrN2/c1-8-12-6-9(11)7-13(8)10-4-2-3-5-10/h6-8,10H,2-5H2,1H3. The quantitative estimate of drug-likeness (QED) is 0.691. The molecule has 2 aliphatic rings. The molecule has 0 aromatic rings. The summed E-state index contributed by atoms with van der Waals surface area (Å²) in [5.41, 5.74) is 0. The summed E-state index contributed by atoms with van der Waals surface area (Å²) in [6, 6.07) is 0.722. The van der Waals surface area contributed by atoms with Gasteiger partial charge in [0.25, 0.3) is 0 Å². The highest BCUT2D eigenvalue weighted by Gasteiger charge is 2.25. The van der Waals surface area contributed by atoms with Crippen molar-refractivity contribution >= 4 is 22.1 Å². The number of rotatable bonds is 1. The molecular formula is C10H15BrN2. The van der Waals surface area contributed by atoms with Crippen LogP contribution in [0.5, 0.6) is 0 Å². The van der Waals surface area contributed by atoms with Crippen LogP contribution >= 0.6 is 15.9 Å². The van der Waals surface area contributed by atoms with Gasteiger partial charge in [0, 0.05) is 18.5 Å². The lowest BCUT2D eigenvalue weighted by molar-refractivity contribution is 0.221. The highest BCUT2D eigenvalue weighted by molar-refractivity contribution is 9.12. The molecule has 0 radical (unpaired) electrons. The van der Waals surface area contributed by atoms with E-state index in [4.69, 9.17) is 0 Å². The van der Waals surface area contributed by atoms with Gasteiger partial charge in [-0.25, -0.2) is 0 Å². The molecule has 0 aromatic carbocycles. The van der Waals surface area contributed by atoms with Crippen LogP contribution in [0, 0.1) is 0 Å². The zero-order valence-corrected chi connectivity index (χ0v) is 9.50. The summed E-state index contributed by atoms with van der Waals surface area (Å²) in [5.74, 6) is 0. The maximum absolute atomic E-state index is 4.42. The second-order valence-electron chi connectivity index (χ2n) is 3.81. The number of hydrogen-bond acceptors (Lipinski definition) is 2. The first-order valence-electron chi connectivity index (χ1n) is 4.95. The number of nitrogens with zero attached hydrogens (tertiary/aromatic N) is 2. The molecule has 1 atom stereocenters. The van der Waals surface area contributed by atoms with Crippen LogP contribution in [0.4, 0.5) is 0 Å². The molecule has 0 aromatic heterocycles. The summed E-state index contributed by atoms with van der Waals surface area (Å²) in [7, 11) is 0. The van der Waals surface area contributed by atoms with Crippen molar-refractivity contribution in [2.45, 2.75) is 44.8 Å². The van der Waals surface area contributed by atoms with Crippen molar-refractivity contribution < 1.29 is 0 Å². The lowest BCUT2D eigenvalue weighted by atomic mass is 10.2. The van der Waals surface area contributed by atoms with Gasteiger partial charge in [0.15, 0.2) is 0 Å². The molecule has 1 saturated carbocycles. The first-order valence-corrected chi connectivity index (χ1v) is 5.74. The summed E-state index contributed by atoms with van der Waals surface area (Å²) in [6.45, 7) is 2.16. The van der Waals surface area contributed by atoms with Gasteiger partial charge in [0.1, 0.15) is 6.17 Å². The summed E-state index contributed by atoms with van der Waals surface area (Å²) in [5, 5.41) is 0. The van der Waals surface area contributed by atoms with Crippen molar-refractivity contribution in [2.24, 2.45) is 4.99 Å². The van der Waals surface area contributed by atoms with E-state index in [2.05, 4.69) is 38.9 Å². The van der Waals surface area contributed by atoms with Crippen LogP contribution in [-0.2, 0) is 0 Å². The molecule has 1 aliphatic carbocycles. The predicted octanol–water partition coefficient (Wildman–Crippen LogP) is 2.90. The smallest absolute Gasteiger partial charge is 0.118 e. The van der Waals surface area contributed by atoms with Gasteiger partial charge in [-0.2, -0.15) is 0 Å². The van der Waals surface area contributed by atoms with E-state index < -0.39 is 0 Å². The van der Waals surface area contributed by atoms with Crippen molar-refractivity contribution in [3.8, 4) is 0 Å². The maximum atomic E-state index is 4.42. The molecule has 0 amide bonds. The highest BCUT2D eigenvalue weighted by Crippen LogP contribution is 2.28. The van der Waals surface area contributed by atoms with Crippen LogP contribution in [-0.4, -0.2) is 23.3 Å². The van der Waals surface area contributed by atoms with E-state index in [1.165, 1.54) is 25.7 Å².